The van der Waals surface area contributed by atoms with Crippen molar-refractivity contribution >= 4 is 28.9 Å². The molecule has 0 spiro atoms. The Morgan fingerprint density at radius 1 is 1.58 bits per heavy atom. The molecule has 1 nitrogen and oxygen atoms in total. The summed E-state index contributed by atoms with van der Waals surface area (Å²) in [6.07, 6.45) is 0. The molecule has 0 aliphatic heterocycles. The Balaban J connectivity index is 2.57. The van der Waals surface area contributed by atoms with Crippen LogP contribution in [-0.2, 0) is 11.3 Å². The molecule has 0 unspecified atom stereocenters. The van der Waals surface area contributed by atoms with E-state index < -0.39 is 0 Å². The van der Waals surface area contributed by atoms with Crippen LogP contribution in [0.2, 0.25) is 5.02 Å². The molecular formula is C9H9ClOS. The number of ether oxygens (including phenoxy) is 1. The molecule has 0 fully saturated rings. The molecule has 0 saturated carbocycles. The molecular weight excluding hydrogens is 192 g/mol. The summed E-state index contributed by atoms with van der Waals surface area (Å²) in [6, 6.07) is 7.53. The lowest BCUT2D eigenvalue weighted by Crippen LogP contribution is -1.96. The highest BCUT2D eigenvalue weighted by molar-refractivity contribution is 7.80. The Bertz CT molecular complexity index is 286. The van der Waals surface area contributed by atoms with Crippen LogP contribution in [0.5, 0.6) is 0 Å². The number of benzene rings is 1. The third kappa shape index (κ3) is 3.20. The first-order chi connectivity index (χ1) is 5.68. The van der Waals surface area contributed by atoms with Gasteiger partial charge in [0.25, 0.3) is 0 Å². The summed E-state index contributed by atoms with van der Waals surface area (Å²) < 4.78 is 5.16. The van der Waals surface area contributed by atoms with E-state index >= 15 is 0 Å². The molecule has 0 saturated heterocycles. The molecule has 12 heavy (non-hydrogen) atoms. The zero-order valence-corrected chi connectivity index (χ0v) is 8.28. The zero-order valence-electron chi connectivity index (χ0n) is 6.71. The summed E-state index contributed by atoms with van der Waals surface area (Å²) in [6.45, 7) is 2.25. The lowest BCUT2D eigenvalue weighted by atomic mass is 10.2. The minimum absolute atomic E-state index is 0.496. The first kappa shape index (κ1) is 9.49. The van der Waals surface area contributed by atoms with Crippen molar-refractivity contribution in [3.8, 4) is 0 Å². The fourth-order valence-corrected chi connectivity index (χ4v) is 1.08. The lowest BCUT2D eigenvalue weighted by Gasteiger charge is -2.03. The van der Waals surface area contributed by atoms with Gasteiger partial charge in [0.2, 0.25) is 0 Å². The summed E-state index contributed by atoms with van der Waals surface area (Å²) >= 11 is 10.5. The van der Waals surface area contributed by atoms with Gasteiger partial charge in [-0.25, -0.2) is 0 Å². The van der Waals surface area contributed by atoms with Crippen LogP contribution in [0, 0.1) is 0 Å². The molecule has 0 heterocycles. The predicted octanol–water partition coefficient (Wildman–Crippen LogP) is 3.20. The number of rotatable bonds is 2. The Hall–Kier alpha value is -0.600. The smallest absolute Gasteiger partial charge is 0.157 e. The van der Waals surface area contributed by atoms with Crippen LogP contribution in [0.3, 0.4) is 0 Å². The normalized spacial score (nSPS) is 9.50. The first-order valence-electron chi connectivity index (χ1n) is 3.56. The average molecular weight is 201 g/mol. The van der Waals surface area contributed by atoms with Crippen LogP contribution in [0.25, 0.3) is 0 Å². The Labute approximate surface area is 82.3 Å². The van der Waals surface area contributed by atoms with Gasteiger partial charge in [0.15, 0.2) is 5.05 Å². The molecule has 0 aromatic heterocycles. The molecule has 3 heteroatoms. The van der Waals surface area contributed by atoms with E-state index in [1.807, 2.05) is 24.3 Å². The minimum atomic E-state index is 0.496. The maximum Gasteiger partial charge on any atom is 0.157 e. The van der Waals surface area contributed by atoms with Crippen LogP contribution < -0.4 is 0 Å². The number of halogens is 1. The minimum Gasteiger partial charge on any atom is -0.483 e. The summed E-state index contributed by atoms with van der Waals surface area (Å²) in [5.74, 6) is 0. The van der Waals surface area contributed by atoms with Gasteiger partial charge in [-0.1, -0.05) is 23.7 Å². The Morgan fingerprint density at radius 2 is 2.33 bits per heavy atom. The van der Waals surface area contributed by atoms with Gasteiger partial charge in [0.1, 0.15) is 6.61 Å². The molecule has 0 amide bonds. The lowest BCUT2D eigenvalue weighted by molar-refractivity contribution is 0.298. The van der Waals surface area contributed by atoms with E-state index in [1.54, 1.807) is 6.92 Å². The fraction of sp³-hybridized carbons (Fsp3) is 0.222. The van der Waals surface area contributed by atoms with Crippen LogP contribution in [0.1, 0.15) is 12.5 Å². The van der Waals surface area contributed by atoms with E-state index in [4.69, 9.17) is 28.6 Å². The van der Waals surface area contributed by atoms with Crippen molar-refractivity contribution in [3.63, 3.8) is 0 Å². The summed E-state index contributed by atoms with van der Waals surface area (Å²) in [5, 5.41) is 1.27. The van der Waals surface area contributed by atoms with Gasteiger partial charge in [-0.3, -0.25) is 0 Å². The van der Waals surface area contributed by atoms with Crippen LogP contribution in [0.4, 0.5) is 0 Å². The fourth-order valence-electron chi connectivity index (χ4n) is 0.812. The molecule has 1 rings (SSSR count). The van der Waals surface area contributed by atoms with E-state index in [2.05, 4.69) is 0 Å². The van der Waals surface area contributed by atoms with Crippen LogP contribution in [-0.4, -0.2) is 5.05 Å². The van der Waals surface area contributed by atoms with Gasteiger partial charge in [0.05, 0.1) is 0 Å². The molecule has 64 valence electrons. The van der Waals surface area contributed by atoms with Gasteiger partial charge < -0.3 is 4.74 Å². The molecule has 1 aromatic carbocycles. The van der Waals surface area contributed by atoms with Crippen molar-refractivity contribution < 1.29 is 4.74 Å². The highest BCUT2D eigenvalue weighted by Gasteiger charge is 1.94. The van der Waals surface area contributed by atoms with Gasteiger partial charge in [-0.05, 0) is 29.9 Å². The Morgan fingerprint density at radius 3 is 2.92 bits per heavy atom. The van der Waals surface area contributed by atoms with E-state index in [-0.39, 0.29) is 0 Å². The highest BCUT2D eigenvalue weighted by atomic mass is 35.5. The quantitative estimate of drug-likeness (QED) is 0.679. The second-order valence-corrected chi connectivity index (χ2v) is 3.42. The molecule has 0 N–H and O–H groups in total. The summed E-state index contributed by atoms with van der Waals surface area (Å²) in [5.41, 5.74) is 1.03. The van der Waals surface area contributed by atoms with Crippen LogP contribution >= 0.6 is 23.8 Å². The highest BCUT2D eigenvalue weighted by Crippen LogP contribution is 2.11. The van der Waals surface area contributed by atoms with Crippen molar-refractivity contribution in [1.82, 2.24) is 0 Å². The third-order valence-corrected chi connectivity index (χ3v) is 1.68. The van der Waals surface area contributed by atoms with Crippen LogP contribution in [0.15, 0.2) is 24.3 Å². The number of thiocarbonyl (C=S) groups is 1. The summed E-state index contributed by atoms with van der Waals surface area (Å²) in [4.78, 5) is 0. The van der Waals surface area contributed by atoms with Gasteiger partial charge in [-0.2, -0.15) is 0 Å². The topological polar surface area (TPSA) is 9.23 Å². The van der Waals surface area contributed by atoms with E-state index in [0.29, 0.717) is 11.7 Å². The van der Waals surface area contributed by atoms with Crippen molar-refractivity contribution in [2.45, 2.75) is 13.5 Å². The molecule has 0 aliphatic carbocycles. The standard InChI is InChI=1S/C9H9ClOS/c1-7(12)11-6-8-3-2-4-9(10)5-8/h2-5H,6H2,1H3. The molecule has 0 aliphatic rings. The zero-order chi connectivity index (χ0) is 8.97. The van der Waals surface area contributed by atoms with Gasteiger partial charge in [-0.15, -0.1) is 0 Å². The van der Waals surface area contributed by atoms with E-state index in [1.165, 1.54) is 0 Å². The summed E-state index contributed by atoms with van der Waals surface area (Å²) in [7, 11) is 0. The molecule has 0 bridgehead atoms. The second kappa shape index (κ2) is 4.43. The Kier molecular flexibility index (Phi) is 3.50. The van der Waals surface area contributed by atoms with Crippen molar-refractivity contribution in [2.24, 2.45) is 0 Å². The number of hydrogen-bond acceptors (Lipinski definition) is 2. The van der Waals surface area contributed by atoms with Gasteiger partial charge >= 0.3 is 0 Å². The largest absolute Gasteiger partial charge is 0.483 e. The first-order valence-corrected chi connectivity index (χ1v) is 4.35. The predicted molar refractivity (Wildman–Crippen MR) is 54.5 cm³/mol. The molecule has 0 atom stereocenters. The SMILES string of the molecule is CC(=S)OCc1cccc(Cl)c1. The van der Waals surface area contributed by atoms with Gasteiger partial charge in [0, 0.05) is 11.9 Å². The maximum absolute atomic E-state index is 5.77. The average Bonchev–Trinajstić information content (AvgIpc) is 2.01. The van der Waals surface area contributed by atoms with E-state index in [9.17, 15) is 0 Å². The van der Waals surface area contributed by atoms with Crippen molar-refractivity contribution in [3.05, 3.63) is 34.9 Å². The maximum atomic E-state index is 5.77. The van der Waals surface area contributed by atoms with Crippen molar-refractivity contribution in [2.75, 3.05) is 0 Å². The molecule has 0 radical (unpaired) electrons. The number of hydrogen-bond donors (Lipinski definition) is 0. The van der Waals surface area contributed by atoms with Crippen molar-refractivity contribution in [1.29, 1.82) is 0 Å². The monoisotopic (exact) mass is 200 g/mol. The third-order valence-electron chi connectivity index (χ3n) is 1.33. The van der Waals surface area contributed by atoms with E-state index in [0.717, 1.165) is 10.6 Å². The second-order valence-electron chi connectivity index (χ2n) is 2.41. The molecule has 1 aromatic rings.